The predicted octanol–water partition coefficient (Wildman–Crippen LogP) is 0.310. The average Bonchev–Trinajstić information content (AvgIpc) is 2.49. The first-order chi connectivity index (χ1) is 5.77. The van der Waals surface area contributed by atoms with E-state index in [1.807, 2.05) is 0 Å². The summed E-state index contributed by atoms with van der Waals surface area (Å²) in [5.41, 5.74) is 6.60. The van der Waals surface area contributed by atoms with Gasteiger partial charge in [-0.1, -0.05) is 0 Å². The number of carbonyl (C=O) groups is 1. The van der Waals surface area contributed by atoms with Crippen molar-refractivity contribution in [1.29, 1.82) is 0 Å². The molecule has 2 heterocycles. The fraction of sp³-hybridized carbons (Fsp3) is 0. The minimum Gasteiger partial charge on any atom is -0.351 e. The summed E-state index contributed by atoms with van der Waals surface area (Å²) in [4.78, 5) is 18.5. The molecule has 0 unspecified atom stereocenters. The average molecular weight is 162 g/mol. The van der Waals surface area contributed by atoms with Gasteiger partial charge >= 0.3 is 6.03 Å². The molecular weight excluding hydrogens is 156 g/mol. The first kappa shape index (κ1) is 6.78. The van der Waals surface area contributed by atoms with Crippen LogP contribution in [0.25, 0.3) is 11.3 Å². The van der Waals surface area contributed by atoms with Gasteiger partial charge in [0.05, 0.1) is 11.9 Å². The third-order valence-corrected chi connectivity index (χ3v) is 1.56. The van der Waals surface area contributed by atoms with Crippen molar-refractivity contribution in [3.8, 4) is 11.3 Å². The van der Waals surface area contributed by atoms with Crippen LogP contribution in [0.1, 0.15) is 0 Å². The number of rotatable bonds is 0. The van der Waals surface area contributed by atoms with E-state index < -0.39 is 6.03 Å². The largest absolute Gasteiger partial charge is 0.351 e. The number of hydrogen-bond acceptors (Lipinski definition) is 3. The second-order valence-corrected chi connectivity index (χ2v) is 2.37. The number of amides is 1. The van der Waals surface area contributed by atoms with E-state index in [0.717, 1.165) is 11.3 Å². The van der Waals surface area contributed by atoms with Crippen LogP contribution in [0.4, 0.5) is 4.79 Å². The van der Waals surface area contributed by atoms with Gasteiger partial charge in [0.2, 0.25) is 0 Å². The Labute approximate surface area is 68.2 Å². The van der Waals surface area contributed by atoms with E-state index in [1.54, 1.807) is 18.6 Å². The van der Waals surface area contributed by atoms with Gasteiger partial charge in [0.1, 0.15) is 6.33 Å². The number of aromatic nitrogens is 3. The number of hydrogen-bond donors (Lipinski definition) is 1. The standard InChI is InChI=1S/C7H6N4O/c8-7(12)11-3-5-1-9-2-6(5)10-4-11/h1-4H,(H2,8,12). The molecule has 5 heteroatoms. The molecule has 12 heavy (non-hydrogen) atoms. The van der Waals surface area contributed by atoms with Gasteiger partial charge in [-0.2, -0.15) is 0 Å². The zero-order valence-electron chi connectivity index (χ0n) is 6.14. The van der Waals surface area contributed by atoms with Crippen LogP contribution in [0, 0.1) is 0 Å². The minimum atomic E-state index is -0.550. The Balaban J connectivity index is 2.62. The molecule has 0 fully saturated rings. The molecule has 0 atom stereocenters. The molecule has 0 aliphatic carbocycles. The SMILES string of the molecule is NC(=O)n1cnc2cncc-2c1. The second kappa shape index (κ2) is 2.30. The summed E-state index contributed by atoms with van der Waals surface area (Å²) in [6.07, 6.45) is 6.21. The topological polar surface area (TPSA) is 73.8 Å². The molecule has 0 aromatic heterocycles. The van der Waals surface area contributed by atoms with Crippen LogP contribution in [-0.4, -0.2) is 20.6 Å². The predicted molar refractivity (Wildman–Crippen MR) is 41.6 cm³/mol. The Hall–Kier alpha value is -1.91. The molecule has 0 bridgehead atoms. The van der Waals surface area contributed by atoms with Crippen molar-refractivity contribution in [2.45, 2.75) is 0 Å². The minimum absolute atomic E-state index is 0.550. The summed E-state index contributed by atoms with van der Waals surface area (Å²) >= 11 is 0. The third-order valence-electron chi connectivity index (χ3n) is 1.56. The van der Waals surface area contributed by atoms with Crippen LogP contribution >= 0.6 is 0 Å². The van der Waals surface area contributed by atoms with Crippen LogP contribution in [0.5, 0.6) is 0 Å². The summed E-state index contributed by atoms with van der Waals surface area (Å²) in [5, 5.41) is 0. The monoisotopic (exact) mass is 162 g/mol. The quantitative estimate of drug-likeness (QED) is 0.605. The van der Waals surface area contributed by atoms with Crippen molar-refractivity contribution in [1.82, 2.24) is 14.5 Å². The second-order valence-electron chi connectivity index (χ2n) is 2.37. The summed E-state index contributed by atoms with van der Waals surface area (Å²) < 4.78 is 1.21. The molecule has 1 amide bonds. The van der Waals surface area contributed by atoms with Crippen LogP contribution in [0.2, 0.25) is 0 Å². The van der Waals surface area contributed by atoms with Gasteiger partial charge in [0.25, 0.3) is 0 Å². The lowest BCUT2D eigenvalue weighted by atomic mass is 10.3. The number of carbonyl (C=O) groups excluding carboxylic acids is 1. The van der Waals surface area contributed by atoms with Crippen molar-refractivity contribution in [2.75, 3.05) is 0 Å². The Morgan fingerprint density at radius 3 is 3.08 bits per heavy atom. The van der Waals surface area contributed by atoms with Crippen LogP contribution in [-0.2, 0) is 0 Å². The number of nitrogens with two attached hydrogens (primary N) is 1. The fourth-order valence-electron chi connectivity index (χ4n) is 0.964. The van der Waals surface area contributed by atoms with Gasteiger partial charge in [-0.3, -0.25) is 9.55 Å². The molecule has 0 aromatic rings. The highest BCUT2D eigenvalue weighted by molar-refractivity contribution is 5.76. The maximum atomic E-state index is 10.7. The van der Waals surface area contributed by atoms with E-state index in [4.69, 9.17) is 5.73 Å². The van der Waals surface area contributed by atoms with Gasteiger partial charge in [-0.15, -0.1) is 0 Å². The molecule has 2 rings (SSSR count). The Bertz CT molecular complexity index is 394. The third kappa shape index (κ3) is 0.914. The first-order valence-corrected chi connectivity index (χ1v) is 3.35. The lowest BCUT2D eigenvalue weighted by Gasteiger charge is -2.01. The fourth-order valence-corrected chi connectivity index (χ4v) is 0.964. The first-order valence-electron chi connectivity index (χ1n) is 3.35. The molecule has 0 saturated heterocycles. The highest BCUT2D eigenvalue weighted by atomic mass is 16.2. The van der Waals surface area contributed by atoms with Gasteiger partial charge in [0.15, 0.2) is 0 Å². The van der Waals surface area contributed by atoms with Crippen molar-refractivity contribution in [3.63, 3.8) is 0 Å². The molecule has 60 valence electrons. The molecule has 2 aliphatic heterocycles. The zero-order chi connectivity index (χ0) is 8.55. The van der Waals surface area contributed by atoms with Crippen LogP contribution in [0.15, 0.2) is 24.9 Å². The van der Waals surface area contributed by atoms with Crippen molar-refractivity contribution < 1.29 is 4.79 Å². The zero-order valence-corrected chi connectivity index (χ0v) is 6.14. The Morgan fingerprint density at radius 1 is 1.50 bits per heavy atom. The molecule has 2 aliphatic rings. The molecule has 5 nitrogen and oxygen atoms in total. The maximum Gasteiger partial charge on any atom is 0.324 e. The van der Waals surface area contributed by atoms with E-state index in [2.05, 4.69) is 9.97 Å². The van der Waals surface area contributed by atoms with Gasteiger partial charge in [0, 0.05) is 18.0 Å². The van der Waals surface area contributed by atoms with E-state index >= 15 is 0 Å². The molecule has 0 radical (unpaired) electrons. The van der Waals surface area contributed by atoms with Crippen molar-refractivity contribution in [2.24, 2.45) is 5.73 Å². The Kier molecular flexibility index (Phi) is 1.30. The summed E-state index contributed by atoms with van der Waals surface area (Å²) in [5.74, 6) is 0. The summed E-state index contributed by atoms with van der Waals surface area (Å²) in [6, 6.07) is -0.550. The number of fused-ring (bicyclic) bond motifs is 1. The molecule has 0 saturated carbocycles. The lowest BCUT2D eigenvalue weighted by Crippen LogP contribution is -2.19. The summed E-state index contributed by atoms with van der Waals surface area (Å²) in [6.45, 7) is 0. The number of nitrogens with zero attached hydrogens (tertiary/aromatic N) is 3. The highest BCUT2D eigenvalue weighted by Gasteiger charge is 2.05. The van der Waals surface area contributed by atoms with E-state index in [1.165, 1.54) is 10.9 Å². The lowest BCUT2D eigenvalue weighted by molar-refractivity contribution is 0.250. The van der Waals surface area contributed by atoms with E-state index in [-0.39, 0.29) is 0 Å². The van der Waals surface area contributed by atoms with Gasteiger partial charge < -0.3 is 5.73 Å². The van der Waals surface area contributed by atoms with Crippen LogP contribution in [0.3, 0.4) is 0 Å². The van der Waals surface area contributed by atoms with Gasteiger partial charge in [-0.05, 0) is 0 Å². The summed E-state index contributed by atoms with van der Waals surface area (Å²) in [7, 11) is 0. The van der Waals surface area contributed by atoms with E-state index in [0.29, 0.717) is 0 Å². The van der Waals surface area contributed by atoms with Crippen molar-refractivity contribution >= 4 is 6.03 Å². The highest BCUT2D eigenvalue weighted by Crippen LogP contribution is 2.15. The maximum absolute atomic E-state index is 10.7. The molecule has 0 aromatic carbocycles. The molecule has 0 spiro atoms. The Morgan fingerprint density at radius 2 is 2.33 bits per heavy atom. The number of primary amides is 1. The normalized spacial score (nSPS) is 10.3. The molecule has 2 N–H and O–H groups in total. The van der Waals surface area contributed by atoms with E-state index in [9.17, 15) is 4.79 Å². The van der Waals surface area contributed by atoms with Crippen LogP contribution < -0.4 is 5.73 Å². The smallest absolute Gasteiger partial charge is 0.324 e. The molecular formula is C7H6N4O. The van der Waals surface area contributed by atoms with Gasteiger partial charge in [-0.25, -0.2) is 9.78 Å². The van der Waals surface area contributed by atoms with Crippen molar-refractivity contribution in [3.05, 3.63) is 24.9 Å².